The second-order valence-corrected chi connectivity index (χ2v) is 5.26. The van der Waals surface area contributed by atoms with Gasteiger partial charge in [-0.1, -0.05) is 18.2 Å². The number of halogens is 3. The van der Waals surface area contributed by atoms with E-state index in [1.165, 1.54) is 12.1 Å². The van der Waals surface area contributed by atoms with E-state index in [0.717, 1.165) is 12.1 Å². The summed E-state index contributed by atoms with van der Waals surface area (Å²) in [4.78, 5) is 12.1. The molecule has 1 rings (SSSR count). The van der Waals surface area contributed by atoms with Crippen molar-refractivity contribution < 1.29 is 23.1 Å². The van der Waals surface area contributed by atoms with Crippen LogP contribution in [0.5, 0.6) is 0 Å². The second-order valence-electron chi connectivity index (χ2n) is 5.26. The largest absolute Gasteiger partial charge is 0.416 e. The average molecular weight is 289 g/mol. The van der Waals surface area contributed by atoms with Crippen LogP contribution in [0.4, 0.5) is 13.2 Å². The number of aliphatic hydroxyl groups is 1. The van der Waals surface area contributed by atoms with Crippen LogP contribution in [0.3, 0.4) is 0 Å². The van der Waals surface area contributed by atoms with Gasteiger partial charge in [0.2, 0.25) is 5.91 Å². The third kappa shape index (κ3) is 3.72. The number of alkyl halides is 3. The van der Waals surface area contributed by atoms with Crippen molar-refractivity contribution in [3.8, 4) is 0 Å². The quantitative estimate of drug-likeness (QED) is 0.894. The molecule has 0 aliphatic rings. The first-order valence-corrected chi connectivity index (χ1v) is 6.18. The van der Waals surface area contributed by atoms with E-state index >= 15 is 0 Å². The summed E-state index contributed by atoms with van der Waals surface area (Å²) in [5.41, 5.74) is -1.63. The molecule has 0 aromatic heterocycles. The summed E-state index contributed by atoms with van der Waals surface area (Å²) in [5.74, 6) is -0.432. The van der Waals surface area contributed by atoms with Crippen molar-refractivity contribution in [1.29, 1.82) is 0 Å². The summed E-state index contributed by atoms with van der Waals surface area (Å²) in [6.45, 7) is 4.47. The van der Waals surface area contributed by atoms with Crippen molar-refractivity contribution in [2.75, 3.05) is 6.61 Å². The highest BCUT2D eigenvalue weighted by atomic mass is 19.4. The Morgan fingerprint density at radius 2 is 1.85 bits per heavy atom. The predicted octanol–water partition coefficient (Wildman–Crippen LogP) is 2.48. The summed E-state index contributed by atoms with van der Waals surface area (Å²) in [6.07, 6.45) is -4.44. The first-order valence-electron chi connectivity index (χ1n) is 6.18. The van der Waals surface area contributed by atoms with Gasteiger partial charge in [-0.2, -0.15) is 13.2 Å². The normalized spacial score (nSPS) is 13.9. The van der Waals surface area contributed by atoms with Crippen LogP contribution in [0.2, 0.25) is 0 Å². The molecule has 0 spiro atoms. The number of benzene rings is 1. The molecule has 2 N–H and O–H groups in total. The molecule has 0 saturated heterocycles. The molecule has 1 atom stereocenters. The van der Waals surface area contributed by atoms with E-state index in [9.17, 15) is 18.0 Å². The van der Waals surface area contributed by atoms with Crippen LogP contribution in [0.15, 0.2) is 24.3 Å². The van der Waals surface area contributed by atoms with Crippen LogP contribution in [0.25, 0.3) is 0 Å². The molecule has 20 heavy (non-hydrogen) atoms. The van der Waals surface area contributed by atoms with Crippen LogP contribution in [-0.2, 0) is 16.4 Å². The number of hydrogen-bond donors (Lipinski definition) is 2. The summed E-state index contributed by atoms with van der Waals surface area (Å²) < 4.78 is 38.1. The van der Waals surface area contributed by atoms with Gasteiger partial charge in [0.05, 0.1) is 17.6 Å². The Kier molecular flexibility index (Phi) is 4.81. The monoisotopic (exact) mass is 289 g/mol. The molecule has 0 heterocycles. The molecule has 1 aromatic carbocycles. The first-order chi connectivity index (χ1) is 9.09. The fourth-order valence-electron chi connectivity index (χ4n) is 1.67. The Balaban J connectivity index is 3.06. The number of aliphatic hydroxyl groups excluding tert-OH is 1. The van der Waals surface area contributed by atoms with Crippen molar-refractivity contribution >= 4 is 5.91 Å². The van der Waals surface area contributed by atoms with Crippen molar-refractivity contribution in [2.45, 2.75) is 38.4 Å². The topological polar surface area (TPSA) is 49.3 Å². The molecule has 1 aromatic rings. The van der Waals surface area contributed by atoms with Crippen LogP contribution < -0.4 is 5.32 Å². The van der Waals surface area contributed by atoms with E-state index in [0.29, 0.717) is 0 Å². The maximum absolute atomic E-state index is 12.7. The highest BCUT2D eigenvalue weighted by Crippen LogP contribution is 2.32. The van der Waals surface area contributed by atoms with E-state index in [4.69, 9.17) is 5.11 Å². The smallest absolute Gasteiger partial charge is 0.394 e. The van der Waals surface area contributed by atoms with Gasteiger partial charge in [-0.3, -0.25) is 4.79 Å². The molecule has 3 nitrogen and oxygen atoms in total. The van der Waals surface area contributed by atoms with Gasteiger partial charge in [-0.15, -0.1) is 0 Å². The Morgan fingerprint density at radius 3 is 2.35 bits per heavy atom. The zero-order valence-corrected chi connectivity index (χ0v) is 11.6. The molecule has 0 bridgehead atoms. The maximum atomic E-state index is 12.7. The highest BCUT2D eigenvalue weighted by Gasteiger charge is 2.35. The number of rotatable bonds is 4. The molecule has 0 aliphatic heterocycles. The molecule has 0 saturated carbocycles. The predicted molar refractivity (Wildman–Crippen MR) is 69.2 cm³/mol. The summed E-state index contributed by atoms with van der Waals surface area (Å²) >= 11 is 0. The minimum Gasteiger partial charge on any atom is -0.394 e. The molecular formula is C14H18F3NO2. The first kappa shape index (κ1) is 16.5. The highest BCUT2D eigenvalue weighted by molar-refractivity contribution is 5.87. The Hall–Kier alpha value is -1.56. The summed E-state index contributed by atoms with van der Waals surface area (Å²) in [7, 11) is 0. The number of hydrogen-bond acceptors (Lipinski definition) is 2. The number of carbonyl (C=O) groups excluding carboxylic acids is 1. The molecular weight excluding hydrogens is 271 g/mol. The Labute approximate surface area is 115 Å². The van der Waals surface area contributed by atoms with Gasteiger partial charge in [0, 0.05) is 6.04 Å². The van der Waals surface area contributed by atoms with Crippen molar-refractivity contribution in [3.05, 3.63) is 35.4 Å². The van der Waals surface area contributed by atoms with Gasteiger partial charge in [0.15, 0.2) is 0 Å². The van der Waals surface area contributed by atoms with Crippen LogP contribution >= 0.6 is 0 Å². The molecule has 0 fully saturated rings. The minimum absolute atomic E-state index is 0.232. The lowest BCUT2D eigenvalue weighted by atomic mass is 9.82. The lowest BCUT2D eigenvalue weighted by Gasteiger charge is -2.26. The van der Waals surface area contributed by atoms with Crippen molar-refractivity contribution in [1.82, 2.24) is 5.32 Å². The Morgan fingerprint density at radius 1 is 1.30 bits per heavy atom. The van der Waals surface area contributed by atoms with Crippen molar-refractivity contribution in [2.24, 2.45) is 0 Å². The Bertz CT molecular complexity index is 484. The zero-order valence-electron chi connectivity index (χ0n) is 11.6. The van der Waals surface area contributed by atoms with Gasteiger partial charge in [0.25, 0.3) is 0 Å². The summed E-state index contributed by atoms with van der Waals surface area (Å²) in [5, 5.41) is 11.5. The fourth-order valence-corrected chi connectivity index (χ4v) is 1.67. The fraction of sp³-hybridized carbons (Fsp3) is 0.500. The standard InChI is InChI=1S/C14H18F3NO2/c1-9(8-19)18-12(20)13(2,3)10-5-4-6-11(7-10)14(15,16)17/h4-7,9,19H,8H2,1-3H3,(H,18,20). The lowest BCUT2D eigenvalue weighted by molar-refractivity contribution is -0.138. The van der Waals surface area contributed by atoms with E-state index in [-0.39, 0.29) is 12.2 Å². The molecule has 0 aliphatic carbocycles. The zero-order chi connectivity index (χ0) is 15.6. The number of amides is 1. The van der Waals surface area contributed by atoms with Crippen LogP contribution in [-0.4, -0.2) is 23.7 Å². The minimum atomic E-state index is -4.44. The van der Waals surface area contributed by atoms with Gasteiger partial charge in [-0.25, -0.2) is 0 Å². The van der Waals surface area contributed by atoms with Crippen LogP contribution in [0.1, 0.15) is 31.9 Å². The van der Waals surface area contributed by atoms with Gasteiger partial charge in [-0.05, 0) is 32.4 Å². The molecule has 112 valence electrons. The average Bonchev–Trinajstić information content (AvgIpc) is 2.37. The molecule has 1 unspecified atom stereocenters. The number of carbonyl (C=O) groups is 1. The van der Waals surface area contributed by atoms with Gasteiger partial charge >= 0.3 is 6.18 Å². The van der Waals surface area contributed by atoms with E-state index in [1.807, 2.05) is 0 Å². The maximum Gasteiger partial charge on any atom is 0.416 e. The summed E-state index contributed by atoms with van der Waals surface area (Å²) in [6, 6.07) is 4.26. The second kappa shape index (κ2) is 5.83. The SMILES string of the molecule is CC(CO)NC(=O)C(C)(C)c1cccc(C(F)(F)F)c1. The lowest BCUT2D eigenvalue weighted by Crippen LogP contribution is -2.45. The third-order valence-electron chi connectivity index (χ3n) is 3.13. The third-order valence-corrected chi connectivity index (χ3v) is 3.13. The van der Waals surface area contributed by atoms with Gasteiger partial charge in [0.1, 0.15) is 0 Å². The molecule has 1 amide bonds. The molecule has 6 heteroatoms. The van der Waals surface area contributed by atoms with Gasteiger partial charge < -0.3 is 10.4 Å². The number of nitrogens with one attached hydrogen (secondary N) is 1. The molecule has 0 radical (unpaired) electrons. The van der Waals surface area contributed by atoms with E-state index in [1.54, 1.807) is 20.8 Å². The van der Waals surface area contributed by atoms with E-state index < -0.39 is 29.1 Å². The van der Waals surface area contributed by atoms with Crippen LogP contribution in [0, 0.1) is 0 Å². The van der Waals surface area contributed by atoms with Crippen molar-refractivity contribution in [3.63, 3.8) is 0 Å². The van der Waals surface area contributed by atoms with E-state index in [2.05, 4.69) is 5.32 Å².